The summed E-state index contributed by atoms with van der Waals surface area (Å²) in [5, 5.41) is 13.7. The molecular weight excluding hydrogens is 372 g/mol. The number of pyridine rings is 1. The minimum Gasteiger partial charge on any atom is -0.338 e. The third kappa shape index (κ3) is 3.68. The molecule has 4 rings (SSSR count). The van der Waals surface area contributed by atoms with Gasteiger partial charge >= 0.3 is 0 Å². The first-order valence-corrected chi connectivity index (χ1v) is 9.99. The highest BCUT2D eigenvalue weighted by Gasteiger charge is 2.19. The lowest BCUT2D eigenvalue weighted by molar-refractivity contribution is 0.382. The minimum atomic E-state index is 0.233. The van der Waals surface area contributed by atoms with Gasteiger partial charge < -0.3 is 4.52 Å². The molecule has 0 N–H and O–H groups in total. The van der Waals surface area contributed by atoms with Crippen LogP contribution in [0.4, 0.5) is 0 Å². The van der Waals surface area contributed by atoms with Crippen LogP contribution in [0.5, 0.6) is 0 Å². The number of aryl methyl sites for hydroxylation is 1. The molecule has 0 unspecified atom stereocenters. The molecule has 0 aliphatic heterocycles. The van der Waals surface area contributed by atoms with Gasteiger partial charge in [0.1, 0.15) is 0 Å². The number of hydrogen-bond donors (Lipinski definition) is 0. The van der Waals surface area contributed by atoms with Gasteiger partial charge in [-0.05, 0) is 30.7 Å². The van der Waals surface area contributed by atoms with Crippen molar-refractivity contribution in [2.75, 3.05) is 0 Å². The molecular formula is C20H20N6OS. The van der Waals surface area contributed by atoms with Crippen molar-refractivity contribution in [1.29, 1.82) is 0 Å². The third-order valence-electron chi connectivity index (χ3n) is 4.25. The van der Waals surface area contributed by atoms with Crippen LogP contribution in [0.1, 0.15) is 37.0 Å². The number of aromatic nitrogens is 6. The van der Waals surface area contributed by atoms with Crippen LogP contribution in [0, 0.1) is 6.92 Å². The zero-order valence-corrected chi connectivity index (χ0v) is 16.7. The lowest BCUT2D eigenvalue weighted by Gasteiger charge is -2.12. The summed E-state index contributed by atoms with van der Waals surface area (Å²) >= 11 is 1.52. The van der Waals surface area contributed by atoms with Gasteiger partial charge in [0.2, 0.25) is 5.89 Å². The molecule has 8 heteroatoms. The summed E-state index contributed by atoms with van der Waals surface area (Å²) in [4.78, 5) is 8.55. The van der Waals surface area contributed by atoms with E-state index in [9.17, 15) is 0 Å². The number of para-hydroxylation sites is 1. The SMILES string of the molecule is Cc1ccccc1-n1c(SCc2nc(C(C)C)no2)nnc1-c1ccncc1. The predicted octanol–water partition coefficient (Wildman–Crippen LogP) is 4.44. The first kappa shape index (κ1) is 18.4. The van der Waals surface area contributed by atoms with Gasteiger partial charge in [-0.2, -0.15) is 4.98 Å². The second-order valence-electron chi connectivity index (χ2n) is 6.65. The fraction of sp³-hybridized carbons (Fsp3) is 0.250. The van der Waals surface area contributed by atoms with Crippen LogP contribution >= 0.6 is 11.8 Å². The van der Waals surface area contributed by atoms with E-state index in [2.05, 4.69) is 48.9 Å². The Kier molecular flexibility index (Phi) is 5.21. The molecule has 0 bridgehead atoms. The van der Waals surface area contributed by atoms with Gasteiger partial charge in [-0.15, -0.1) is 10.2 Å². The van der Waals surface area contributed by atoms with Crippen LogP contribution in [0.3, 0.4) is 0 Å². The summed E-state index contributed by atoms with van der Waals surface area (Å²) in [7, 11) is 0. The molecule has 142 valence electrons. The Morgan fingerprint density at radius 3 is 2.57 bits per heavy atom. The number of nitrogens with zero attached hydrogens (tertiary/aromatic N) is 6. The van der Waals surface area contributed by atoms with E-state index in [0.717, 1.165) is 27.8 Å². The van der Waals surface area contributed by atoms with Crippen molar-refractivity contribution >= 4 is 11.8 Å². The number of thioether (sulfide) groups is 1. The van der Waals surface area contributed by atoms with Crippen molar-refractivity contribution in [3.8, 4) is 17.1 Å². The maximum Gasteiger partial charge on any atom is 0.237 e. The van der Waals surface area contributed by atoms with Crippen molar-refractivity contribution in [1.82, 2.24) is 29.9 Å². The van der Waals surface area contributed by atoms with Gasteiger partial charge in [-0.25, -0.2) is 0 Å². The third-order valence-corrected chi connectivity index (χ3v) is 5.17. The molecule has 0 atom stereocenters. The van der Waals surface area contributed by atoms with Crippen LogP contribution < -0.4 is 0 Å². The van der Waals surface area contributed by atoms with Gasteiger partial charge in [0, 0.05) is 23.9 Å². The maximum absolute atomic E-state index is 5.36. The summed E-state index contributed by atoms with van der Waals surface area (Å²) in [5.74, 6) is 2.83. The first-order chi connectivity index (χ1) is 13.6. The number of rotatable bonds is 6. The average Bonchev–Trinajstić information content (AvgIpc) is 3.35. The van der Waals surface area contributed by atoms with E-state index in [-0.39, 0.29) is 5.92 Å². The molecule has 0 aliphatic carbocycles. The molecule has 4 aromatic rings. The van der Waals surface area contributed by atoms with Crippen molar-refractivity contribution in [3.63, 3.8) is 0 Å². The van der Waals surface area contributed by atoms with E-state index in [0.29, 0.717) is 17.5 Å². The second kappa shape index (κ2) is 7.93. The molecule has 0 fully saturated rings. The van der Waals surface area contributed by atoms with Crippen molar-refractivity contribution < 1.29 is 4.52 Å². The predicted molar refractivity (Wildman–Crippen MR) is 107 cm³/mol. The van der Waals surface area contributed by atoms with E-state index >= 15 is 0 Å². The second-order valence-corrected chi connectivity index (χ2v) is 7.60. The fourth-order valence-electron chi connectivity index (χ4n) is 2.77. The molecule has 0 spiro atoms. The molecule has 7 nitrogen and oxygen atoms in total. The standard InChI is InChI=1S/C20H20N6OS/c1-13(2)18-22-17(27-25-18)12-28-20-24-23-19(15-8-10-21-11-9-15)26(20)16-7-5-4-6-14(16)3/h4-11,13H,12H2,1-3H3. The van der Waals surface area contributed by atoms with Crippen molar-refractivity contribution in [2.24, 2.45) is 0 Å². The Morgan fingerprint density at radius 1 is 1.07 bits per heavy atom. The van der Waals surface area contributed by atoms with Crippen LogP contribution in [0.25, 0.3) is 17.1 Å². The summed E-state index contributed by atoms with van der Waals surface area (Å²) < 4.78 is 7.43. The lowest BCUT2D eigenvalue weighted by Crippen LogP contribution is -2.02. The van der Waals surface area contributed by atoms with Crippen LogP contribution in [0.2, 0.25) is 0 Å². The highest BCUT2D eigenvalue weighted by atomic mass is 32.2. The van der Waals surface area contributed by atoms with Gasteiger partial charge in [-0.3, -0.25) is 9.55 Å². The molecule has 3 aromatic heterocycles. The van der Waals surface area contributed by atoms with E-state index in [1.165, 1.54) is 11.8 Å². The Labute approximate surface area is 167 Å². The molecule has 0 saturated heterocycles. The molecule has 0 saturated carbocycles. The quantitative estimate of drug-likeness (QED) is 0.449. The van der Waals surface area contributed by atoms with Gasteiger partial charge in [0.05, 0.1) is 11.4 Å². The summed E-state index contributed by atoms with van der Waals surface area (Å²) in [6.07, 6.45) is 3.51. The smallest absolute Gasteiger partial charge is 0.237 e. The van der Waals surface area contributed by atoms with Gasteiger partial charge in [0.25, 0.3) is 0 Å². The largest absolute Gasteiger partial charge is 0.338 e. The minimum absolute atomic E-state index is 0.233. The molecule has 0 radical (unpaired) electrons. The summed E-state index contributed by atoms with van der Waals surface area (Å²) in [6.45, 7) is 6.15. The van der Waals surface area contributed by atoms with Gasteiger partial charge in [-0.1, -0.05) is 49.0 Å². The normalized spacial score (nSPS) is 11.3. The Morgan fingerprint density at radius 2 is 1.86 bits per heavy atom. The lowest BCUT2D eigenvalue weighted by atomic mass is 10.2. The van der Waals surface area contributed by atoms with Crippen LogP contribution in [-0.4, -0.2) is 29.9 Å². The number of benzene rings is 1. The molecule has 0 aliphatic rings. The molecule has 3 heterocycles. The highest BCUT2D eigenvalue weighted by Crippen LogP contribution is 2.30. The van der Waals surface area contributed by atoms with Crippen LogP contribution in [-0.2, 0) is 5.75 Å². The van der Waals surface area contributed by atoms with E-state index < -0.39 is 0 Å². The first-order valence-electron chi connectivity index (χ1n) is 9.00. The number of hydrogen-bond acceptors (Lipinski definition) is 7. The molecule has 1 aromatic carbocycles. The Bertz CT molecular complexity index is 1070. The maximum atomic E-state index is 5.36. The topological polar surface area (TPSA) is 82.5 Å². The monoisotopic (exact) mass is 392 g/mol. The van der Waals surface area contributed by atoms with E-state index in [1.54, 1.807) is 12.4 Å². The fourth-order valence-corrected chi connectivity index (χ4v) is 3.55. The summed E-state index contributed by atoms with van der Waals surface area (Å²) in [6, 6.07) is 12.0. The van der Waals surface area contributed by atoms with Gasteiger partial charge in [0.15, 0.2) is 16.8 Å². The highest BCUT2D eigenvalue weighted by molar-refractivity contribution is 7.98. The Balaban J connectivity index is 1.71. The van der Waals surface area contributed by atoms with E-state index in [4.69, 9.17) is 4.52 Å². The molecule has 0 amide bonds. The zero-order valence-electron chi connectivity index (χ0n) is 15.9. The van der Waals surface area contributed by atoms with Crippen molar-refractivity contribution in [3.05, 3.63) is 66.1 Å². The average molecular weight is 392 g/mol. The van der Waals surface area contributed by atoms with Crippen molar-refractivity contribution in [2.45, 2.75) is 37.6 Å². The zero-order chi connectivity index (χ0) is 19.5. The molecule has 28 heavy (non-hydrogen) atoms. The van der Waals surface area contributed by atoms with E-state index in [1.807, 2.05) is 38.1 Å². The van der Waals surface area contributed by atoms with Crippen LogP contribution in [0.15, 0.2) is 58.5 Å². The Hall–Kier alpha value is -3.00. The summed E-state index contributed by atoms with van der Waals surface area (Å²) in [5.41, 5.74) is 3.13.